The highest BCUT2D eigenvalue weighted by atomic mass is 79.9. The Hall–Kier alpha value is -1.53. The van der Waals surface area contributed by atoms with Crippen LogP contribution in [-0.4, -0.2) is 23.6 Å². The van der Waals surface area contributed by atoms with Crippen molar-refractivity contribution in [2.45, 2.75) is 20.0 Å². The third kappa shape index (κ3) is 3.98. The maximum Gasteiger partial charge on any atom is 0.161 e. The number of anilines is 1. The monoisotopic (exact) mass is 353 g/mol. The molecule has 0 unspecified atom stereocenters. The van der Waals surface area contributed by atoms with Crippen molar-refractivity contribution in [3.8, 4) is 11.4 Å². The number of methoxy groups -OCH3 is 1. The van der Waals surface area contributed by atoms with Crippen LogP contribution in [0.5, 0.6) is 0 Å². The molecule has 0 aliphatic rings. The Balaban J connectivity index is 2.44. The van der Waals surface area contributed by atoms with E-state index in [2.05, 4.69) is 38.1 Å². The SMILES string of the molecule is CCCNc1nc(-c2ccc(F)cc2)nc(COC)c1Br. The maximum atomic E-state index is 13.0. The lowest BCUT2D eigenvalue weighted by atomic mass is 10.2. The van der Waals surface area contributed by atoms with Crippen LogP contribution in [0.3, 0.4) is 0 Å². The topological polar surface area (TPSA) is 47.0 Å². The van der Waals surface area contributed by atoms with Gasteiger partial charge in [0.05, 0.1) is 16.8 Å². The number of rotatable bonds is 6. The molecule has 6 heteroatoms. The number of aromatic nitrogens is 2. The summed E-state index contributed by atoms with van der Waals surface area (Å²) in [4.78, 5) is 8.99. The summed E-state index contributed by atoms with van der Waals surface area (Å²) in [5.74, 6) is 0.986. The van der Waals surface area contributed by atoms with Crippen molar-refractivity contribution >= 4 is 21.7 Å². The first-order valence-electron chi connectivity index (χ1n) is 6.70. The van der Waals surface area contributed by atoms with E-state index in [9.17, 15) is 4.39 Å². The van der Waals surface area contributed by atoms with Crippen molar-refractivity contribution in [3.05, 3.63) is 40.2 Å². The van der Waals surface area contributed by atoms with Gasteiger partial charge in [-0.3, -0.25) is 0 Å². The van der Waals surface area contributed by atoms with E-state index in [0.29, 0.717) is 12.4 Å². The molecular weight excluding hydrogens is 337 g/mol. The van der Waals surface area contributed by atoms with Crippen molar-refractivity contribution in [2.24, 2.45) is 0 Å². The molecule has 0 bridgehead atoms. The van der Waals surface area contributed by atoms with Gasteiger partial charge in [0.15, 0.2) is 5.82 Å². The third-order valence-electron chi connectivity index (χ3n) is 2.85. The second-order valence-electron chi connectivity index (χ2n) is 4.52. The first-order valence-corrected chi connectivity index (χ1v) is 7.50. The number of benzene rings is 1. The Morgan fingerprint density at radius 3 is 2.57 bits per heavy atom. The molecule has 2 rings (SSSR count). The van der Waals surface area contributed by atoms with Crippen LogP contribution in [0.4, 0.5) is 10.2 Å². The number of nitrogens with one attached hydrogen (secondary N) is 1. The van der Waals surface area contributed by atoms with E-state index in [1.807, 2.05) is 0 Å². The van der Waals surface area contributed by atoms with Gasteiger partial charge in [0, 0.05) is 19.2 Å². The standard InChI is InChI=1S/C15H17BrFN3O/c1-3-8-18-15-13(16)12(9-21-2)19-14(20-15)10-4-6-11(17)7-5-10/h4-7H,3,8-9H2,1-2H3,(H,18,19,20). The smallest absolute Gasteiger partial charge is 0.161 e. The van der Waals surface area contributed by atoms with Crippen LogP contribution in [0.15, 0.2) is 28.7 Å². The summed E-state index contributed by atoms with van der Waals surface area (Å²) in [5.41, 5.74) is 1.52. The lowest BCUT2D eigenvalue weighted by Gasteiger charge is -2.12. The molecule has 2 aromatic rings. The zero-order valence-electron chi connectivity index (χ0n) is 12.0. The van der Waals surface area contributed by atoms with Gasteiger partial charge >= 0.3 is 0 Å². The second kappa shape index (κ2) is 7.47. The molecule has 0 spiro atoms. The lowest BCUT2D eigenvalue weighted by Crippen LogP contribution is -2.08. The van der Waals surface area contributed by atoms with Crippen LogP contribution in [0.25, 0.3) is 11.4 Å². The zero-order chi connectivity index (χ0) is 15.2. The van der Waals surface area contributed by atoms with Crippen molar-refractivity contribution in [1.29, 1.82) is 0 Å². The van der Waals surface area contributed by atoms with Crippen LogP contribution in [0.2, 0.25) is 0 Å². The molecule has 1 aromatic carbocycles. The summed E-state index contributed by atoms with van der Waals surface area (Å²) >= 11 is 3.50. The van der Waals surface area contributed by atoms with Gasteiger partial charge in [0.1, 0.15) is 11.6 Å². The second-order valence-corrected chi connectivity index (χ2v) is 5.32. The van der Waals surface area contributed by atoms with E-state index in [1.54, 1.807) is 19.2 Å². The highest BCUT2D eigenvalue weighted by Crippen LogP contribution is 2.27. The van der Waals surface area contributed by atoms with Gasteiger partial charge in [-0.05, 0) is 46.6 Å². The minimum atomic E-state index is -0.280. The number of nitrogens with zero attached hydrogens (tertiary/aromatic N) is 2. The molecule has 0 amide bonds. The molecule has 0 fully saturated rings. The number of ether oxygens (including phenoxy) is 1. The van der Waals surface area contributed by atoms with Crippen LogP contribution in [0, 0.1) is 5.82 Å². The molecule has 0 aliphatic heterocycles. The largest absolute Gasteiger partial charge is 0.378 e. The van der Waals surface area contributed by atoms with Gasteiger partial charge in [-0.15, -0.1) is 0 Å². The fraction of sp³-hybridized carbons (Fsp3) is 0.333. The fourth-order valence-corrected chi connectivity index (χ4v) is 2.25. The number of hydrogen-bond donors (Lipinski definition) is 1. The minimum absolute atomic E-state index is 0.280. The van der Waals surface area contributed by atoms with E-state index >= 15 is 0 Å². The Morgan fingerprint density at radius 1 is 1.24 bits per heavy atom. The van der Waals surface area contributed by atoms with Crippen molar-refractivity contribution in [2.75, 3.05) is 19.0 Å². The van der Waals surface area contributed by atoms with Crippen molar-refractivity contribution in [1.82, 2.24) is 9.97 Å². The van der Waals surface area contributed by atoms with Gasteiger partial charge in [0.2, 0.25) is 0 Å². The summed E-state index contributed by atoms with van der Waals surface area (Å²) in [6.45, 7) is 3.27. The average Bonchev–Trinajstić information content (AvgIpc) is 2.49. The molecule has 1 heterocycles. The van der Waals surface area contributed by atoms with Gasteiger partial charge in [-0.2, -0.15) is 0 Å². The normalized spacial score (nSPS) is 10.7. The van der Waals surface area contributed by atoms with E-state index < -0.39 is 0 Å². The van der Waals surface area contributed by atoms with Gasteiger partial charge in [0.25, 0.3) is 0 Å². The van der Waals surface area contributed by atoms with E-state index in [0.717, 1.165) is 34.5 Å². The van der Waals surface area contributed by atoms with Gasteiger partial charge < -0.3 is 10.1 Å². The number of hydrogen-bond acceptors (Lipinski definition) is 4. The summed E-state index contributed by atoms with van der Waals surface area (Å²) in [5, 5.41) is 3.26. The summed E-state index contributed by atoms with van der Waals surface area (Å²) in [7, 11) is 1.62. The molecule has 0 saturated carbocycles. The fourth-order valence-electron chi connectivity index (χ4n) is 1.81. The Kier molecular flexibility index (Phi) is 5.64. The van der Waals surface area contributed by atoms with E-state index in [-0.39, 0.29) is 5.82 Å². The van der Waals surface area contributed by atoms with Gasteiger partial charge in [-0.1, -0.05) is 6.92 Å². The molecule has 0 saturated heterocycles. The van der Waals surface area contributed by atoms with Crippen LogP contribution < -0.4 is 5.32 Å². The van der Waals surface area contributed by atoms with Crippen LogP contribution >= 0.6 is 15.9 Å². The van der Waals surface area contributed by atoms with Gasteiger partial charge in [-0.25, -0.2) is 14.4 Å². The average molecular weight is 354 g/mol. The molecule has 4 nitrogen and oxygen atoms in total. The molecule has 1 aromatic heterocycles. The highest BCUT2D eigenvalue weighted by molar-refractivity contribution is 9.10. The van der Waals surface area contributed by atoms with Crippen LogP contribution in [0.1, 0.15) is 19.0 Å². The van der Waals surface area contributed by atoms with Crippen LogP contribution in [-0.2, 0) is 11.3 Å². The van der Waals surface area contributed by atoms with E-state index in [4.69, 9.17) is 4.74 Å². The predicted octanol–water partition coefficient (Wildman–Crippen LogP) is 4.01. The molecule has 0 radical (unpaired) electrons. The predicted molar refractivity (Wildman–Crippen MR) is 84.6 cm³/mol. The summed E-state index contributed by atoms with van der Waals surface area (Å²) in [6, 6.07) is 6.13. The molecule has 1 N–H and O–H groups in total. The molecule has 112 valence electrons. The molecule has 0 aliphatic carbocycles. The first kappa shape index (κ1) is 15.9. The third-order valence-corrected chi connectivity index (χ3v) is 3.68. The Morgan fingerprint density at radius 2 is 1.95 bits per heavy atom. The quantitative estimate of drug-likeness (QED) is 0.851. The maximum absolute atomic E-state index is 13.0. The van der Waals surface area contributed by atoms with E-state index in [1.165, 1.54) is 12.1 Å². The highest BCUT2D eigenvalue weighted by Gasteiger charge is 2.13. The first-order chi connectivity index (χ1) is 10.2. The zero-order valence-corrected chi connectivity index (χ0v) is 13.6. The Bertz CT molecular complexity index is 605. The molecule has 0 atom stereocenters. The molecular formula is C15H17BrFN3O. The summed E-state index contributed by atoms with van der Waals surface area (Å²) in [6.07, 6.45) is 0.988. The Labute approximate surface area is 131 Å². The summed E-state index contributed by atoms with van der Waals surface area (Å²) < 4.78 is 19.0. The number of halogens is 2. The lowest BCUT2D eigenvalue weighted by molar-refractivity contribution is 0.181. The molecule has 21 heavy (non-hydrogen) atoms. The minimum Gasteiger partial charge on any atom is -0.378 e. The van der Waals surface area contributed by atoms with Crippen molar-refractivity contribution in [3.63, 3.8) is 0 Å². The van der Waals surface area contributed by atoms with Crippen molar-refractivity contribution < 1.29 is 9.13 Å².